The van der Waals surface area contributed by atoms with Gasteiger partial charge in [0, 0.05) is 50.4 Å². The highest BCUT2D eigenvalue weighted by Gasteiger charge is 2.38. The Morgan fingerprint density at radius 3 is 3.12 bits per heavy atom. The smallest absolute Gasteiger partial charge is 0.410 e. The van der Waals surface area contributed by atoms with Crippen molar-refractivity contribution >= 4 is 12.0 Å². The van der Waals surface area contributed by atoms with Crippen LogP contribution < -0.4 is 0 Å². The second kappa shape index (κ2) is 7.11. The van der Waals surface area contributed by atoms with Gasteiger partial charge in [0.15, 0.2) is 0 Å². The predicted molar refractivity (Wildman–Crippen MR) is 88.9 cm³/mol. The van der Waals surface area contributed by atoms with Crippen molar-refractivity contribution in [3.05, 3.63) is 30.4 Å². The Bertz CT molecular complexity index is 793. The molecule has 4 rings (SSSR count). The van der Waals surface area contributed by atoms with E-state index in [2.05, 4.69) is 15.1 Å². The number of fused-ring (bicyclic) bond motifs is 1. The average Bonchev–Trinajstić information content (AvgIpc) is 3.29. The van der Waals surface area contributed by atoms with Gasteiger partial charge in [-0.25, -0.2) is 4.79 Å². The van der Waals surface area contributed by atoms with Crippen molar-refractivity contribution in [1.82, 2.24) is 24.9 Å². The molecule has 26 heavy (non-hydrogen) atoms. The Hall–Kier alpha value is -2.97. The number of carbonyl (C=O) groups excluding carboxylic acids is 2. The highest BCUT2D eigenvalue weighted by Crippen LogP contribution is 2.19. The maximum Gasteiger partial charge on any atom is 0.410 e. The average molecular weight is 357 g/mol. The molecule has 4 heterocycles. The minimum atomic E-state index is -0.275. The summed E-state index contributed by atoms with van der Waals surface area (Å²) >= 11 is 0. The van der Waals surface area contributed by atoms with Gasteiger partial charge in [0.25, 0.3) is 0 Å². The van der Waals surface area contributed by atoms with E-state index < -0.39 is 0 Å². The van der Waals surface area contributed by atoms with Gasteiger partial charge in [0.1, 0.15) is 6.61 Å². The number of ether oxygens (including phenoxy) is 1. The summed E-state index contributed by atoms with van der Waals surface area (Å²) in [7, 11) is 0. The quantitative estimate of drug-likeness (QED) is 0.790. The van der Waals surface area contributed by atoms with Crippen molar-refractivity contribution in [2.45, 2.75) is 25.3 Å². The molecular weight excluding hydrogens is 338 g/mol. The van der Waals surface area contributed by atoms with Gasteiger partial charge in [-0.05, 0) is 18.6 Å². The number of nitrogens with zero attached hydrogens (tertiary/aromatic N) is 5. The van der Waals surface area contributed by atoms with Gasteiger partial charge in [-0.3, -0.25) is 14.7 Å². The minimum absolute atomic E-state index is 0.0156. The fourth-order valence-electron chi connectivity index (χ4n) is 3.23. The summed E-state index contributed by atoms with van der Waals surface area (Å²) in [5.74, 6) is 1.09. The molecule has 0 N–H and O–H groups in total. The second-order valence-corrected chi connectivity index (χ2v) is 6.37. The molecule has 0 spiro atoms. The van der Waals surface area contributed by atoms with Crippen LogP contribution in [0.5, 0.6) is 0 Å². The van der Waals surface area contributed by atoms with Crippen molar-refractivity contribution in [1.29, 1.82) is 0 Å². The third kappa shape index (κ3) is 3.37. The van der Waals surface area contributed by atoms with E-state index in [1.165, 1.54) is 0 Å². The highest BCUT2D eigenvalue weighted by molar-refractivity contribution is 5.77. The van der Waals surface area contributed by atoms with Gasteiger partial charge < -0.3 is 14.2 Å². The SMILES string of the molecule is O=C(CCCc1nc(-c2cccnc2)no1)N1CCN2C(=O)OC[C@@H]2C1. The third-order valence-electron chi connectivity index (χ3n) is 4.64. The molecule has 2 aromatic rings. The van der Waals surface area contributed by atoms with Crippen LogP contribution in [-0.4, -0.2) is 69.2 Å². The maximum atomic E-state index is 12.4. The zero-order chi connectivity index (χ0) is 17.9. The van der Waals surface area contributed by atoms with Gasteiger partial charge in [-0.1, -0.05) is 5.16 Å². The number of cyclic esters (lactones) is 1. The Kier molecular flexibility index (Phi) is 4.51. The summed E-state index contributed by atoms with van der Waals surface area (Å²) in [6.07, 6.45) is 4.67. The molecule has 0 saturated carbocycles. The summed E-state index contributed by atoms with van der Waals surface area (Å²) in [5.41, 5.74) is 0.796. The Labute approximate surface area is 149 Å². The lowest BCUT2D eigenvalue weighted by atomic mass is 10.1. The Balaban J connectivity index is 1.25. The number of aryl methyl sites for hydroxylation is 1. The lowest BCUT2D eigenvalue weighted by Crippen LogP contribution is -2.53. The molecule has 2 aromatic heterocycles. The molecule has 0 aromatic carbocycles. The van der Waals surface area contributed by atoms with Gasteiger partial charge in [-0.2, -0.15) is 4.98 Å². The first-order chi connectivity index (χ1) is 12.7. The van der Waals surface area contributed by atoms with Gasteiger partial charge in [0.05, 0.1) is 6.04 Å². The third-order valence-corrected chi connectivity index (χ3v) is 4.64. The molecule has 0 bridgehead atoms. The molecule has 9 heteroatoms. The predicted octanol–water partition coefficient (Wildman–Crippen LogP) is 1.12. The largest absolute Gasteiger partial charge is 0.447 e. The number of hydrogen-bond acceptors (Lipinski definition) is 7. The summed E-state index contributed by atoms with van der Waals surface area (Å²) in [6.45, 7) is 1.99. The highest BCUT2D eigenvalue weighted by atomic mass is 16.6. The van der Waals surface area contributed by atoms with E-state index in [0.717, 1.165) is 5.56 Å². The number of hydrogen-bond donors (Lipinski definition) is 0. The standard InChI is InChI=1S/C17H19N5O4/c23-15(21-7-8-22-13(10-21)11-25-17(22)24)5-1-4-14-19-16(20-26-14)12-3-2-6-18-9-12/h2-3,6,9,13H,1,4-5,7-8,10-11H2/t13-/m0/s1. The summed E-state index contributed by atoms with van der Waals surface area (Å²) < 4.78 is 10.3. The summed E-state index contributed by atoms with van der Waals surface area (Å²) in [4.78, 5) is 35.8. The summed E-state index contributed by atoms with van der Waals surface area (Å²) in [6, 6.07) is 3.66. The zero-order valence-corrected chi connectivity index (χ0v) is 14.2. The second-order valence-electron chi connectivity index (χ2n) is 6.37. The van der Waals surface area contributed by atoms with Gasteiger partial charge in [-0.15, -0.1) is 0 Å². The number of aromatic nitrogens is 3. The summed E-state index contributed by atoms with van der Waals surface area (Å²) in [5, 5.41) is 3.94. The number of amides is 2. The van der Waals surface area contributed by atoms with Crippen molar-refractivity contribution in [2.75, 3.05) is 26.2 Å². The van der Waals surface area contributed by atoms with Crippen LogP contribution in [0.3, 0.4) is 0 Å². The monoisotopic (exact) mass is 357 g/mol. The number of carbonyl (C=O) groups is 2. The van der Waals surface area contributed by atoms with Crippen molar-refractivity contribution in [3.63, 3.8) is 0 Å². The van der Waals surface area contributed by atoms with E-state index in [1.807, 2.05) is 12.1 Å². The van der Waals surface area contributed by atoms with E-state index in [1.54, 1.807) is 22.2 Å². The number of pyridine rings is 1. The maximum absolute atomic E-state index is 12.4. The molecular formula is C17H19N5O4. The molecule has 0 aliphatic carbocycles. The fraction of sp³-hybridized carbons (Fsp3) is 0.471. The van der Waals surface area contributed by atoms with Gasteiger partial charge >= 0.3 is 6.09 Å². The van der Waals surface area contributed by atoms with Crippen molar-refractivity contribution in [3.8, 4) is 11.4 Å². The molecule has 2 saturated heterocycles. The molecule has 0 unspecified atom stereocenters. The Morgan fingerprint density at radius 1 is 1.35 bits per heavy atom. The number of rotatable bonds is 5. The topological polar surface area (TPSA) is 102 Å². The lowest BCUT2D eigenvalue weighted by molar-refractivity contribution is -0.133. The molecule has 2 fully saturated rings. The van der Waals surface area contributed by atoms with Crippen LogP contribution in [0.1, 0.15) is 18.7 Å². The van der Waals surface area contributed by atoms with Crippen LogP contribution in [0, 0.1) is 0 Å². The fourth-order valence-corrected chi connectivity index (χ4v) is 3.23. The lowest BCUT2D eigenvalue weighted by Gasteiger charge is -2.35. The van der Waals surface area contributed by atoms with E-state index in [4.69, 9.17) is 9.26 Å². The van der Waals surface area contributed by atoms with E-state index in [0.29, 0.717) is 57.2 Å². The molecule has 2 amide bonds. The number of piperazine rings is 1. The Morgan fingerprint density at radius 2 is 2.27 bits per heavy atom. The van der Waals surface area contributed by atoms with Crippen LogP contribution in [0.4, 0.5) is 4.79 Å². The first kappa shape index (κ1) is 16.5. The molecule has 9 nitrogen and oxygen atoms in total. The molecule has 2 aliphatic heterocycles. The molecule has 1 atom stereocenters. The van der Waals surface area contributed by atoms with Crippen LogP contribution in [0.15, 0.2) is 29.0 Å². The van der Waals surface area contributed by atoms with E-state index in [-0.39, 0.29) is 18.0 Å². The van der Waals surface area contributed by atoms with Crippen LogP contribution >= 0.6 is 0 Å². The normalized spacial score (nSPS) is 19.4. The van der Waals surface area contributed by atoms with Crippen LogP contribution in [0.2, 0.25) is 0 Å². The van der Waals surface area contributed by atoms with Gasteiger partial charge in [0.2, 0.25) is 17.6 Å². The first-order valence-corrected chi connectivity index (χ1v) is 8.65. The first-order valence-electron chi connectivity index (χ1n) is 8.65. The van der Waals surface area contributed by atoms with E-state index >= 15 is 0 Å². The van der Waals surface area contributed by atoms with Crippen molar-refractivity contribution in [2.24, 2.45) is 0 Å². The molecule has 136 valence electrons. The van der Waals surface area contributed by atoms with Crippen molar-refractivity contribution < 1.29 is 18.8 Å². The zero-order valence-electron chi connectivity index (χ0n) is 14.2. The minimum Gasteiger partial charge on any atom is -0.447 e. The molecule has 2 aliphatic rings. The van der Waals surface area contributed by atoms with Crippen LogP contribution in [-0.2, 0) is 16.0 Å². The van der Waals surface area contributed by atoms with E-state index in [9.17, 15) is 9.59 Å². The van der Waals surface area contributed by atoms with Crippen LogP contribution in [0.25, 0.3) is 11.4 Å². The molecule has 0 radical (unpaired) electrons.